The van der Waals surface area contributed by atoms with Gasteiger partial charge in [-0.15, -0.1) is 0 Å². The molecule has 2 aromatic rings. The highest BCUT2D eigenvalue weighted by Crippen LogP contribution is 2.26. The van der Waals surface area contributed by atoms with Gasteiger partial charge in [0.05, 0.1) is 23.5 Å². The molecule has 0 aliphatic rings. The standard InChI is InChI=1S/C13H15ClN2O3S/c1-9-3-5-11(19-9)8-15-10-4-6-13(12(14)7-10)16-20(2,17)18/h3-7,15-16H,8H2,1-2H3. The van der Waals surface area contributed by atoms with Gasteiger partial charge < -0.3 is 9.73 Å². The Morgan fingerprint density at radius 3 is 2.55 bits per heavy atom. The van der Waals surface area contributed by atoms with Gasteiger partial charge >= 0.3 is 0 Å². The first kappa shape index (κ1) is 14.7. The predicted octanol–water partition coefficient (Wildman–Crippen LogP) is 3.23. The Hall–Kier alpha value is -1.66. The van der Waals surface area contributed by atoms with Gasteiger partial charge in [-0.3, -0.25) is 4.72 Å². The minimum atomic E-state index is -3.33. The first-order valence-corrected chi connectivity index (χ1v) is 8.17. The van der Waals surface area contributed by atoms with Crippen LogP contribution in [-0.2, 0) is 16.6 Å². The van der Waals surface area contributed by atoms with E-state index in [1.54, 1.807) is 18.2 Å². The van der Waals surface area contributed by atoms with Crippen LogP contribution in [0.1, 0.15) is 11.5 Å². The summed E-state index contributed by atoms with van der Waals surface area (Å²) in [7, 11) is -3.33. The van der Waals surface area contributed by atoms with Crippen LogP contribution >= 0.6 is 11.6 Å². The summed E-state index contributed by atoms with van der Waals surface area (Å²) < 4.78 is 30.1. The molecule has 0 aliphatic heterocycles. The lowest BCUT2D eigenvalue weighted by Gasteiger charge is -2.09. The summed E-state index contributed by atoms with van der Waals surface area (Å²) in [5, 5.41) is 3.48. The number of halogens is 1. The Bertz CT molecular complexity index is 710. The summed E-state index contributed by atoms with van der Waals surface area (Å²) in [6, 6.07) is 8.80. The second kappa shape index (κ2) is 5.76. The number of benzene rings is 1. The van der Waals surface area contributed by atoms with Crippen molar-refractivity contribution in [3.63, 3.8) is 0 Å². The van der Waals surface area contributed by atoms with E-state index in [4.69, 9.17) is 16.0 Å². The van der Waals surface area contributed by atoms with Crippen molar-refractivity contribution in [1.29, 1.82) is 0 Å². The first-order chi connectivity index (χ1) is 9.33. The number of nitrogens with one attached hydrogen (secondary N) is 2. The molecule has 5 nitrogen and oxygen atoms in total. The number of hydrogen-bond acceptors (Lipinski definition) is 4. The van der Waals surface area contributed by atoms with Crippen LogP contribution in [-0.4, -0.2) is 14.7 Å². The molecule has 1 aromatic heterocycles. The number of aryl methyl sites for hydroxylation is 1. The largest absolute Gasteiger partial charge is 0.465 e. The molecule has 0 unspecified atom stereocenters. The topological polar surface area (TPSA) is 71.3 Å². The third-order valence-corrected chi connectivity index (χ3v) is 3.43. The van der Waals surface area contributed by atoms with Gasteiger partial charge in [-0.25, -0.2) is 8.42 Å². The Kier molecular flexibility index (Phi) is 4.25. The van der Waals surface area contributed by atoms with Gasteiger partial charge in [0.2, 0.25) is 10.0 Å². The maximum Gasteiger partial charge on any atom is 0.229 e. The van der Waals surface area contributed by atoms with Crippen LogP contribution in [0.5, 0.6) is 0 Å². The van der Waals surface area contributed by atoms with Crippen LogP contribution in [0.25, 0.3) is 0 Å². The van der Waals surface area contributed by atoms with Crippen LogP contribution in [0.3, 0.4) is 0 Å². The molecule has 0 radical (unpaired) electrons. The molecule has 0 aliphatic carbocycles. The lowest BCUT2D eigenvalue weighted by Crippen LogP contribution is -2.10. The highest BCUT2D eigenvalue weighted by Gasteiger charge is 2.07. The van der Waals surface area contributed by atoms with Gasteiger partial charge in [-0.2, -0.15) is 0 Å². The quantitative estimate of drug-likeness (QED) is 0.889. The van der Waals surface area contributed by atoms with E-state index in [0.717, 1.165) is 23.5 Å². The Balaban J connectivity index is 2.05. The van der Waals surface area contributed by atoms with Gasteiger partial charge in [-0.1, -0.05) is 11.6 Å². The van der Waals surface area contributed by atoms with E-state index in [2.05, 4.69) is 10.0 Å². The number of hydrogen-bond donors (Lipinski definition) is 2. The fourth-order valence-corrected chi connectivity index (χ4v) is 2.54. The van der Waals surface area contributed by atoms with E-state index in [9.17, 15) is 8.42 Å². The molecular formula is C13H15ClN2O3S. The minimum absolute atomic E-state index is 0.330. The molecule has 1 heterocycles. The van der Waals surface area contributed by atoms with E-state index in [0.29, 0.717) is 17.3 Å². The van der Waals surface area contributed by atoms with E-state index in [-0.39, 0.29) is 0 Å². The fourth-order valence-electron chi connectivity index (χ4n) is 1.68. The van der Waals surface area contributed by atoms with Gasteiger partial charge in [0.1, 0.15) is 11.5 Å². The zero-order valence-electron chi connectivity index (χ0n) is 11.1. The number of furan rings is 1. The van der Waals surface area contributed by atoms with Crippen molar-refractivity contribution in [2.45, 2.75) is 13.5 Å². The van der Waals surface area contributed by atoms with Gasteiger partial charge in [0, 0.05) is 5.69 Å². The zero-order chi connectivity index (χ0) is 14.8. The molecular weight excluding hydrogens is 300 g/mol. The average molecular weight is 315 g/mol. The molecule has 0 fully saturated rings. The molecule has 2 rings (SSSR count). The smallest absolute Gasteiger partial charge is 0.229 e. The minimum Gasteiger partial charge on any atom is -0.465 e. The van der Waals surface area contributed by atoms with E-state index >= 15 is 0 Å². The van der Waals surface area contributed by atoms with Crippen LogP contribution in [0.2, 0.25) is 5.02 Å². The number of sulfonamides is 1. The van der Waals surface area contributed by atoms with Crippen molar-refractivity contribution >= 4 is 33.0 Å². The van der Waals surface area contributed by atoms with E-state index in [1.165, 1.54) is 0 Å². The molecule has 7 heteroatoms. The summed E-state index contributed by atoms with van der Waals surface area (Å²) >= 11 is 6.03. The maximum absolute atomic E-state index is 11.2. The van der Waals surface area contributed by atoms with Crippen molar-refractivity contribution in [3.8, 4) is 0 Å². The number of anilines is 2. The Morgan fingerprint density at radius 2 is 2.00 bits per heavy atom. The number of rotatable bonds is 5. The zero-order valence-corrected chi connectivity index (χ0v) is 12.7. The lowest BCUT2D eigenvalue weighted by molar-refractivity contribution is 0.490. The second-order valence-electron chi connectivity index (χ2n) is 4.43. The monoisotopic (exact) mass is 314 g/mol. The molecule has 0 amide bonds. The predicted molar refractivity (Wildman–Crippen MR) is 80.7 cm³/mol. The molecule has 0 saturated heterocycles. The highest BCUT2D eigenvalue weighted by molar-refractivity contribution is 7.92. The molecule has 0 bridgehead atoms. The normalized spacial score (nSPS) is 11.3. The highest BCUT2D eigenvalue weighted by atomic mass is 35.5. The van der Waals surface area contributed by atoms with Crippen LogP contribution in [0.15, 0.2) is 34.7 Å². The molecule has 20 heavy (non-hydrogen) atoms. The third kappa shape index (κ3) is 4.18. The Morgan fingerprint density at radius 1 is 1.25 bits per heavy atom. The Labute approximate surface area is 123 Å². The molecule has 2 N–H and O–H groups in total. The molecule has 1 aromatic carbocycles. The van der Waals surface area contributed by atoms with Crippen molar-refractivity contribution in [1.82, 2.24) is 0 Å². The van der Waals surface area contributed by atoms with Gasteiger partial charge in [0.15, 0.2) is 0 Å². The van der Waals surface area contributed by atoms with Gasteiger partial charge in [-0.05, 0) is 37.3 Å². The molecule has 108 valence electrons. The average Bonchev–Trinajstić information content (AvgIpc) is 2.74. The van der Waals surface area contributed by atoms with Crippen molar-refractivity contribution in [2.24, 2.45) is 0 Å². The van der Waals surface area contributed by atoms with Gasteiger partial charge in [0.25, 0.3) is 0 Å². The molecule has 0 atom stereocenters. The van der Waals surface area contributed by atoms with E-state index < -0.39 is 10.0 Å². The summed E-state index contributed by atoms with van der Waals surface area (Å²) in [4.78, 5) is 0. The van der Waals surface area contributed by atoms with Crippen molar-refractivity contribution in [3.05, 3.63) is 46.9 Å². The fraction of sp³-hybridized carbons (Fsp3) is 0.231. The van der Waals surface area contributed by atoms with Crippen molar-refractivity contribution < 1.29 is 12.8 Å². The second-order valence-corrected chi connectivity index (χ2v) is 6.59. The SMILES string of the molecule is Cc1ccc(CNc2ccc(NS(C)(=O)=O)c(Cl)c2)o1. The summed E-state index contributed by atoms with van der Waals surface area (Å²) in [6.45, 7) is 2.41. The first-order valence-electron chi connectivity index (χ1n) is 5.90. The van der Waals surface area contributed by atoms with Crippen molar-refractivity contribution in [2.75, 3.05) is 16.3 Å². The third-order valence-electron chi connectivity index (χ3n) is 2.53. The van der Waals surface area contributed by atoms with E-state index in [1.807, 2.05) is 19.1 Å². The lowest BCUT2D eigenvalue weighted by atomic mass is 10.3. The van der Waals surface area contributed by atoms with Crippen LogP contribution in [0.4, 0.5) is 11.4 Å². The summed E-state index contributed by atoms with van der Waals surface area (Å²) in [5.41, 5.74) is 1.14. The van der Waals surface area contributed by atoms with Crippen LogP contribution in [0, 0.1) is 6.92 Å². The maximum atomic E-state index is 11.2. The molecule has 0 spiro atoms. The van der Waals surface area contributed by atoms with Crippen LogP contribution < -0.4 is 10.0 Å². The molecule has 0 saturated carbocycles. The summed E-state index contributed by atoms with van der Waals surface area (Å²) in [6.07, 6.45) is 1.08. The summed E-state index contributed by atoms with van der Waals surface area (Å²) in [5.74, 6) is 1.67.